The molecule has 0 spiro atoms. The number of alkyl halides is 3. The highest BCUT2D eigenvalue weighted by atomic mass is 19.4. The first-order valence-corrected chi connectivity index (χ1v) is 8.15. The van der Waals surface area contributed by atoms with Crippen LogP contribution >= 0.6 is 0 Å². The fraction of sp³-hybridized carbons (Fsp3) is 0.105. The van der Waals surface area contributed by atoms with Gasteiger partial charge in [-0.1, -0.05) is 29.4 Å². The van der Waals surface area contributed by atoms with Crippen LogP contribution in [0.1, 0.15) is 5.56 Å². The molecule has 142 valence electrons. The molecular formula is C19H13F3N4O2. The molecule has 2 aromatic carbocycles. The summed E-state index contributed by atoms with van der Waals surface area (Å²) in [5.74, 6) is 1.06. The monoisotopic (exact) mass is 386 g/mol. The van der Waals surface area contributed by atoms with Gasteiger partial charge in [-0.3, -0.25) is 5.10 Å². The summed E-state index contributed by atoms with van der Waals surface area (Å²) >= 11 is 0. The van der Waals surface area contributed by atoms with E-state index < -0.39 is 11.7 Å². The molecule has 0 amide bonds. The highest BCUT2D eigenvalue weighted by Gasteiger charge is 2.30. The Hall–Kier alpha value is -3.62. The summed E-state index contributed by atoms with van der Waals surface area (Å²) in [6, 6.07) is 13.7. The van der Waals surface area contributed by atoms with Crippen molar-refractivity contribution in [3.8, 4) is 40.0 Å². The summed E-state index contributed by atoms with van der Waals surface area (Å²) in [5.41, 5.74) is 1.66. The number of rotatable bonds is 4. The van der Waals surface area contributed by atoms with Gasteiger partial charge in [-0.15, -0.1) is 0 Å². The molecule has 0 radical (unpaired) electrons. The van der Waals surface area contributed by atoms with Gasteiger partial charge in [0, 0.05) is 11.1 Å². The molecule has 0 aliphatic rings. The van der Waals surface area contributed by atoms with Crippen molar-refractivity contribution in [1.29, 1.82) is 0 Å². The Morgan fingerprint density at radius 3 is 2.50 bits per heavy atom. The molecule has 0 unspecified atom stereocenters. The number of hydrogen-bond acceptors (Lipinski definition) is 5. The van der Waals surface area contributed by atoms with Crippen LogP contribution in [0.3, 0.4) is 0 Å². The van der Waals surface area contributed by atoms with Crippen molar-refractivity contribution < 1.29 is 22.4 Å². The van der Waals surface area contributed by atoms with Crippen LogP contribution in [0.15, 0.2) is 59.1 Å². The van der Waals surface area contributed by atoms with Crippen LogP contribution < -0.4 is 4.74 Å². The second kappa shape index (κ2) is 6.84. The minimum absolute atomic E-state index is 0.177. The van der Waals surface area contributed by atoms with Gasteiger partial charge in [-0.05, 0) is 30.3 Å². The van der Waals surface area contributed by atoms with Crippen LogP contribution in [0.5, 0.6) is 5.75 Å². The SMILES string of the molecule is COc1cccc(-c2cc(-c3nc(-c4ccc(C(F)(F)F)cc4)no3)[nH]n2)c1. The van der Waals surface area contributed by atoms with E-state index in [1.54, 1.807) is 13.2 Å². The summed E-state index contributed by atoms with van der Waals surface area (Å²) in [4.78, 5) is 4.23. The van der Waals surface area contributed by atoms with Gasteiger partial charge < -0.3 is 9.26 Å². The quantitative estimate of drug-likeness (QED) is 0.544. The van der Waals surface area contributed by atoms with Crippen molar-refractivity contribution in [1.82, 2.24) is 20.3 Å². The number of aromatic amines is 1. The molecule has 9 heteroatoms. The predicted octanol–water partition coefficient (Wildman–Crippen LogP) is 4.82. The van der Waals surface area contributed by atoms with E-state index in [2.05, 4.69) is 20.3 Å². The van der Waals surface area contributed by atoms with Crippen molar-refractivity contribution in [3.63, 3.8) is 0 Å². The van der Waals surface area contributed by atoms with Gasteiger partial charge in [0.15, 0.2) is 0 Å². The third-order valence-corrected chi connectivity index (χ3v) is 4.07. The predicted molar refractivity (Wildman–Crippen MR) is 94.3 cm³/mol. The first kappa shape index (κ1) is 17.8. The Morgan fingerprint density at radius 2 is 1.79 bits per heavy atom. The van der Waals surface area contributed by atoms with Crippen molar-refractivity contribution in [2.75, 3.05) is 7.11 Å². The molecule has 0 saturated carbocycles. The van der Waals surface area contributed by atoms with E-state index in [4.69, 9.17) is 9.26 Å². The zero-order valence-electron chi connectivity index (χ0n) is 14.5. The second-order valence-corrected chi connectivity index (χ2v) is 5.90. The lowest BCUT2D eigenvalue weighted by atomic mass is 10.1. The number of aromatic nitrogens is 4. The van der Waals surface area contributed by atoms with Gasteiger partial charge in [0.25, 0.3) is 5.89 Å². The topological polar surface area (TPSA) is 76.8 Å². The molecule has 28 heavy (non-hydrogen) atoms. The molecule has 2 heterocycles. The number of nitrogens with zero attached hydrogens (tertiary/aromatic N) is 3. The standard InChI is InChI=1S/C19H13F3N4O2/c1-27-14-4-2-3-12(9-14)15-10-16(25-24-15)18-23-17(26-28-18)11-5-7-13(8-6-11)19(20,21)22/h2-10H,1H3,(H,24,25). The van der Waals surface area contributed by atoms with Crippen LogP contribution in [-0.4, -0.2) is 27.4 Å². The number of methoxy groups -OCH3 is 1. The number of H-pyrrole nitrogens is 1. The smallest absolute Gasteiger partial charge is 0.416 e. The fourth-order valence-corrected chi connectivity index (χ4v) is 2.62. The third-order valence-electron chi connectivity index (χ3n) is 4.07. The van der Waals surface area contributed by atoms with Crippen LogP contribution in [0.4, 0.5) is 13.2 Å². The summed E-state index contributed by atoms with van der Waals surface area (Å²) in [5, 5.41) is 10.9. The minimum Gasteiger partial charge on any atom is -0.497 e. The normalized spacial score (nSPS) is 11.6. The van der Waals surface area contributed by atoms with E-state index in [1.807, 2.05) is 24.3 Å². The highest BCUT2D eigenvalue weighted by Crippen LogP contribution is 2.31. The Morgan fingerprint density at radius 1 is 1.00 bits per heavy atom. The molecule has 1 N–H and O–H groups in total. The number of hydrogen-bond donors (Lipinski definition) is 1. The maximum atomic E-state index is 12.7. The molecule has 2 aromatic heterocycles. The van der Waals surface area contributed by atoms with Gasteiger partial charge in [0.05, 0.1) is 18.4 Å². The van der Waals surface area contributed by atoms with Crippen LogP contribution in [0, 0.1) is 0 Å². The van der Waals surface area contributed by atoms with E-state index in [1.165, 1.54) is 12.1 Å². The van der Waals surface area contributed by atoms with Gasteiger partial charge >= 0.3 is 6.18 Å². The first-order valence-electron chi connectivity index (χ1n) is 8.15. The Kier molecular flexibility index (Phi) is 4.34. The lowest BCUT2D eigenvalue weighted by molar-refractivity contribution is -0.137. The summed E-state index contributed by atoms with van der Waals surface area (Å²) < 4.78 is 48.4. The van der Waals surface area contributed by atoms with Crippen molar-refractivity contribution in [2.45, 2.75) is 6.18 Å². The average molecular weight is 386 g/mol. The van der Waals surface area contributed by atoms with Gasteiger partial charge in [0.1, 0.15) is 11.4 Å². The van der Waals surface area contributed by atoms with E-state index in [9.17, 15) is 13.2 Å². The Balaban J connectivity index is 1.59. The molecule has 0 saturated heterocycles. The average Bonchev–Trinajstić information content (AvgIpc) is 3.37. The molecular weight excluding hydrogens is 373 g/mol. The van der Waals surface area contributed by atoms with Crippen molar-refractivity contribution >= 4 is 0 Å². The Bertz CT molecular complexity index is 1100. The molecule has 4 aromatic rings. The number of nitrogens with one attached hydrogen (secondary N) is 1. The fourth-order valence-electron chi connectivity index (χ4n) is 2.62. The van der Waals surface area contributed by atoms with Crippen LogP contribution in [0.2, 0.25) is 0 Å². The maximum Gasteiger partial charge on any atom is 0.416 e. The van der Waals surface area contributed by atoms with E-state index in [-0.39, 0.29) is 11.7 Å². The largest absolute Gasteiger partial charge is 0.497 e. The number of halogens is 3. The lowest BCUT2D eigenvalue weighted by Gasteiger charge is -2.05. The van der Waals surface area contributed by atoms with E-state index in [0.717, 1.165) is 17.7 Å². The van der Waals surface area contributed by atoms with Gasteiger partial charge in [-0.2, -0.15) is 23.3 Å². The summed E-state index contributed by atoms with van der Waals surface area (Å²) in [6.07, 6.45) is -4.40. The second-order valence-electron chi connectivity index (χ2n) is 5.90. The van der Waals surface area contributed by atoms with Crippen molar-refractivity contribution in [2.24, 2.45) is 0 Å². The van der Waals surface area contributed by atoms with Crippen LogP contribution in [-0.2, 0) is 6.18 Å². The molecule has 0 bridgehead atoms. The van der Waals surface area contributed by atoms with Gasteiger partial charge in [-0.25, -0.2) is 0 Å². The van der Waals surface area contributed by atoms with Gasteiger partial charge in [0.2, 0.25) is 5.82 Å². The first-order chi connectivity index (χ1) is 13.4. The van der Waals surface area contributed by atoms with Crippen LogP contribution in [0.25, 0.3) is 34.2 Å². The van der Waals surface area contributed by atoms with E-state index >= 15 is 0 Å². The zero-order chi connectivity index (χ0) is 19.7. The third kappa shape index (κ3) is 3.46. The lowest BCUT2D eigenvalue weighted by Crippen LogP contribution is -2.04. The molecule has 0 aliphatic heterocycles. The Labute approximate surface area is 157 Å². The number of ether oxygens (including phenoxy) is 1. The zero-order valence-corrected chi connectivity index (χ0v) is 14.5. The maximum absolute atomic E-state index is 12.7. The minimum atomic E-state index is -4.40. The molecule has 0 fully saturated rings. The molecule has 0 atom stereocenters. The molecule has 6 nitrogen and oxygen atoms in total. The van der Waals surface area contributed by atoms with Crippen molar-refractivity contribution in [3.05, 3.63) is 60.2 Å². The molecule has 0 aliphatic carbocycles. The summed E-state index contributed by atoms with van der Waals surface area (Å²) in [7, 11) is 1.58. The highest BCUT2D eigenvalue weighted by molar-refractivity contribution is 5.66. The van der Waals surface area contributed by atoms with E-state index in [0.29, 0.717) is 22.7 Å². The number of benzene rings is 2. The summed E-state index contributed by atoms with van der Waals surface area (Å²) in [6.45, 7) is 0. The molecule has 4 rings (SSSR count).